The zero-order valence-corrected chi connectivity index (χ0v) is 20.8. The molecule has 4 aromatic rings. The molecule has 1 saturated carbocycles. The van der Waals surface area contributed by atoms with Crippen molar-refractivity contribution < 1.29 is 22.4 Å². The predicted octanol–water partition coefficient (Wildman–Crippen LogP) is 4.26. The zero-order chi connectivity index (χ0) is 27.0. The standard InChI is InChI=1S/C27H25F3N6O3/c28-27(29,30)38-22-5-1-18(2-6-22)24-33-26(39-34-24)20-15-19(25(37)32-16-20)13-17-7-8-31-23(14-17)36-11-9-35(10-12-36)21-3-4-21/h1-2,5-8,14-16,21H,3-4,9-13H2,(H,32,37). The van der Waals surface area contributed by atoms with Crippen LogP contribution >= 0.6 is 0 Å². The fraction of sp³-hybridized carbons (Fsp3) is 0.333. The van der Waals surface area contributed by atoms with Crippen LogP contribution in [0.5, 0.6) is 5.75 Å². The number of H-pyrrole nitrogens is 1. The monoisotopic (exact) mass is 538 g/mol. The largest absolute Gasteiger partial charge is 0.573 e. The molecule has 0 atom stereocenters. The van der Waals surface area contributed by atoms with Crippen molar-refractivity contribution in [1.82, 2.24) is 25.0 Å². The van der Waals surface area contributed by atoms with Gasteiger partial charge >= 0.3 is 6.36 Å². The molecule has 0 unspecified atom stereocenters. The van der Waals surface area contributed by atoms with Crippen molar-refractivity contribution in [3.8, 4) is 28.6 Å². The lowest BCUT2D eigenvalue weighted by atomic mass is 10.1. The third-order valence-electron chi connectivity index (χ3n) is 6.91. The number of benzene rings is 1. The van der Waals surface area contributed by atoms with Crippen LogP contribution in [-0.4, -0.2) is 63.6 Å². The molecule has 0 bridgehead atoms. The van der Waals surface area contributed by atoms with Crippen molar-refractivity contribution in [2.45, 2.75) is 31.7 Å². The van der Waals surface area contributed by atoms with Crippen molar-refractivity contribution >= 4 is 5.82 Å². The van der Waals surface area contributed by atoms with E-state index in [0.29, 0.717) is 23.1 Å². The molecule has 9 nitrogen and oxygen atoms in total. The number of piperazine rings is 1. The quantitative estimate of drug-likeness (QED) is 0.373. The van der Waals surface area contributed by atoms with Crippen molar-refractivity contribution in [2.75, 3.05) is 31.1 Å². The van der Waals surface area contributed by atoms with Crippen LogP contribution in [0.25, 0.3) is 22.8 Å². The summed E-state index contributed by atoms with van der Waals surface area (Å²) >= 11 is 0. The van der Waals surface area contributed by atoms with E-state index in [9.17, 15) is 18.0 Å². The Hall–Kier alpha value is -4.19. The Morgan fingerprint density at radius 3 is 2.51 bits per heavy atom. The van der Waals surface area contributed by atoms with E-state index >= 15 is 0 Å². The Balaban J connectivity index is 1.16. The van der Waals surface area contributed by atoms with Gasteiger partial charge in [-0.1, -0.05) is 5.16 Å². The summed E-state index contributed by atoms with van der Waals surface area (Å²) in [5.74, 6) is 0.919. The van der Waals surface area contributed by atoms with E-state index in [0.717, 1.165) is 43.6 Å². The van der Waals surface area contributed by atoms with Crippen LogP contribution in [0.4, 0.5) is 19.0 Å². The lowest BCUT2D eigenvalue weighted by molar-refractivity contribution is -0.274. The predicted molar refractivity (Wildman–Crippen MR) is 136 cm³/mol. The first-order chi connectivity index (χ1) is 18.8. The average Bonchev–Trinajstić information content (AvgIpc) is 3.66. The molecule has 202 valence electrons. The zero-order valence-electron chi connectivity index (χ0n) is 20.8. The van der Waals surface area contributed by atoms with Crippen molar-refractivity contribution in [3.63, 3.8) is 0 Å². The van der Waals surface area contributed by atoms with E-state index in [-0.39, 0.29) is 23.0 Å². The smallest absolute Gasteiger partial charge is 0.406 e. The lowest BCUT2D eigenvalue weighted by Crippen LogP contribution is -2.47. The topological polar surface area (TPSA) is 100 Å². The van der Waals surface area contributed by atoms with E-state index in [1.165, 1.54) is 43.3 Å². The fourth-order valence-electron chi connectivity index (χ4n) is 4.77. The van der Waals surface area contributed by atoms with Gasteiger partial charge in [-0.05, 0) is 60.9 Å². The first-order valence-electron chi connectivity index (χ1n) is 12.7. The summed E-state index contributed by atoms with van der Waals surface area (Å²) < 4.78 is 46.5. The second-order valence-electron chi connectivity index (χ2n) is 9.69. The van der Waals surface area contributed by atoms with Gasteiger partial charge in [0.15, 0.2) is 0 Å². The second kappa shape index (κ2) is 10.2. The van der Waals surface area contributed by atoms with Gasteiger partial charge in [0.05, 0.1) is 5.56 Å². The van der Waals surface area contributed by atoms with Crippen LogP contribution in [-0.2, 0) is 6.42 Å². The Labute approximate surface area is 221 Å². The fourth-order valence-corrected chi connectivity index (χ4v) is 4.77. The molecule has 2 fully saturated rings. The Kier molecular flexibility index (Phi) is 6.55. The van der Waals surface area contributed by atoms with E-state index < -0.39 is 6.36 Å². The third kappa shape index (κ3) is 5.95. The van der Waals surface area contributed by atoms with Crippen LogP contribution in [0.15, 0.2) is 64.2 Å². The molecule has 0 spiro atoms. The minimum atomic E-state index is -4.77. The summed E-state index contributed by atoms with van der Waals surface area (Å²) in [6, 6.07) is 11.5. The Morgan fingerprint density at radius 1 is 1.03 bits per heavy atom. The molecule has 1 N–H and O–H groups in total. The van der Waals surface area contributed by atoms with Gasteiger partial charge in [-0.25, -0.2) is 4.98 Å². The van der Waals surface area contributed by atoms with Crippen LogP contribution in [0.1, 0.15) is 24.0 Å². The molecule has 12 heteroatoms. The van der Waals surface area contributed by atoms with Gasteiger partial charge in [0.1, 0.15) is 11.6 Å². The molecule has 1 aromatic carbocycles. The van der Waals surface area contributed by atoms with E-state index in [1.807, 2.05) is 12.1 Å². The Morgan fingerprint density at radius 2 is 1.79 bits per heavy atom. The molecule has 1 aliphatic heterocycles. The number of nitrogens with zero attached hydrogens (tertiary/aromatic N) is 5. The van der Waals surface area contributed by atoms with Crippen molar-refractivity contribution in [2.24, 2.45) is 0 Å². The molecule has 0 amide bonds. The number of anilines is 1. The van der Waals surface area contributed by atoms with E-state index in [2.05, 4.69) is 34.6 Å². The lowest BCUT2D eigenvalue weighted by Gasteiger charge is -2.35. The van der Waals surface area contributed by atoms with Crippen molar-refractivity contribution in [1.29, 1.82) is 0 Å². The first-order valence-corrected chi connectivity index (χ1v) is 12.7. The molecule has 1 saturated heterocycles. The Bertz CT molecular complexity index is 1510. The summed E-state index contributed by atoms with van der Waals surface area (Å²) in [4.78, 5) is 29.1. The van der Waals surface area contributed by atoms with Crippen LogP contribution < -0.4 is 15.2 Å². The summed E-state index contributed by atoms with van der Waals surface area (Å²) in [5, 5.41) is 3.93. The van der Waals surface area contributed by atoms with Gasteiger partial charge in [0, 0.05) is 62.2 Å². The highest BCUT2D eigenvalue weighted by molar-refractivity contribution is 5.60. The third-order valence-corrected chi connectivity index (χ3v) is 6.91. The minimum absolute atomic E-state index is 0.169. The molecule has 2 aliphatic rings. The van der Waals surface area contributed by atoms with Gasteiger partial charge in [-0.2, -0.15) is 4.98 Å². The number of hydrogen-bond acceptors (Lipinski definition) is 8. The van der Waals surface area contributed by atoms with Crippen LogP contribution in [0.2, 0.25) is 0 Å². The summed E-state index contributed by atoms with van der Waals surface area (Å²) in [6.45, 7) is 3.94. The molecule has 39 heavy (non-hydrogen) atoms. The minimum Gasteiger partial charge on any atom is -0.406 e. The number of hydrogen-bond donors (Lipinski definition) is 1. The maximum Gasteiger partial charge on any atom is 0.573 e. The van der Waals surface area contributed by atoms with Crippen LogP contribution in [0.3, 0.4) is 0 Å². The molecule has 4 heterocycles. The van der Waals surface area contributed by atoms with Gasteiger partial charge in [-0.3, -0.25) is 9.69 Å². The molecule has 0 radical (unpaired) electrons. The van der Waals surface area contributed by atoms with Gasteiger partial charge in [0.25, 0.3) is 11.4 Å². The number of ether oxygens (including phenoxy) is 1. The number of halogens is 3. The highest BCUT2D eigenvalue weighted by Crippen LogP contribution is 2.29. The normalized spacial score (nSPS) is 16.4. The van der Waals surface area contributed by atoms with E-state index in [4.69, 9.17) is 4.52 Å². The highest BCUT2D eigenvalue weighted by Gasteiger charge is 2.32. The molecular weight excluding hydrogens is 513 g/mol. The number of aromatic amines is 1. The van der Waals surface area contributed by atoms with Crippen LogP contribution in [0, 0.1) is 0 Å². The first kappa shape index (κ1) is 25.1. The number of aromatic nitrogens is 4. The second-order valence-corrected chi connectivity index (χ2v) is 9.69. The van der Waals surface area contributed by atoms with Gasteiger partial charge in [-0.15, -0.1) is 13.2 Å². The molecular formula is C27H25F3N6O3. The number of pyridine rings is 2. The highest BCUT2D eigenvalue weighted by atomic mass is 19.4. The SMILES string of the molecule is O=c1[nH]cc(-c2nc(-c3ccc(OC(F)(F)F)cc3)no2)cc1Cc1ccnc(N2CCN(C3CC3)CC2)c1. The number of rotatable bonds is 7. The summed E-state index contributed by atoms with van der Waals surface area (Å²) in [7, 11) is 0. The van der Waals surface area contributed by atoms with Gasteiger partial charge in [0.2, 0.25) is 5.82 Å². The maximum atomic E-state index is 12.6. The summed E-state index contributed by atoms with van der Waals surface area (Å²) in [6.07, 6.45) is 1.49. The maximum absolute atomic E-state index is 12.6. The van der Waals surface area contributed by atoms with E-state index in [1.54, 1.807) is 12.3 Å². The molecule has 3 aromatic heterocycles. The molecule has 6 rings (SSSR count). The van der Waals surface area contributed by atoms with Gasteiger partial charge < -0.3 is 19.1 Å². The number of alkyl halides is 3. The summed E-state index contributed by atoms with van der Waals surface area (Å²) in [5.41, 5.74) is 2.23. The number of nitrogens with one attached hydrogen (secondary N) is 1. The molecule has 1 aliphatic carbocycles. The van der Waals surface area contributed by atoms with Crippen molar-refractivity contribution in [3.05, 3.63) is 76.3 Å². The average molecular weight is 539 g/mol.